The molecule has 0 aliphatic carbocycles. The first kappa shape index (κ1) is 25.2. The van der Waals surface area contributed by atoms with E-state index >= 15 is 0 Å². The average Bonchev–Trinajstić information content (AvgIpc) is 3.47. The van der Waals surface area contributed by atoms with Gasteiger partial charge in [0.1, 0.15) is 0 Å². The second kappa shape index (κ2) is 11.0. The van der Waals surface area contributed by atoms with Crippen molar-refractivity contribution in [1.82, 2.24) is 24.9 Å². The molecular formula is C33H30N6O2. The molecule has 8 heteroatoms. The molecule has 0 saturated heterocycles. The molecule has 0 spiro atoms. The molecule has 7 rings (SSSR count). The van der Waals surface area contributed by atoms with Crippen molar-refractivity contribution in [3.8, 4) is 11.1 Å². The topological polar surface area (TPSA) is 77.6 Å². The third kappa shape index (κ3) is 5.11. The van der Waals surface area contributed by atoms with Gasteiger partial charge >= 0.3 is 0 Å². The molecule has 4 heterocycles. The summed E-state index contributed by atoms with van der Waals surface area (Å²) in [7, 11) is 0. The van der Waals surface area contributed by atoms with Crippen LogP contribution in [0.5, 0.6) is 0 Å². The maximum absolute atomic E-state index is 13.5. The predicted molar refractivity (Wildman–Crippen MR) is 156 cm³/mol. The highest BCUT2D eigenvalue weighted by Gasteiger charge is 2.37. The zero-order valence-electron chi connectivity index (χ0n) is 22.6. The van der Waals surface area contributed by atoms with Crippen molar-refractivity contribution in [3.05, 3.63) is 138 Å². The maximum Gasteiger partial charge on any atom is 0.278 e. The number of amides is 1. The van der Waals surface area contributed by atoms with Crippen LogP contribution in [0.2, 0.25) is 0 Å². The molecule has 0 saturated carbocycles. The minimum atomic E-state index is -0.423. The minimum Gasteiger partial charge on any atom is -0.364 e. The molecule has 204 valence electrons. The number of nitrogens with zero attached hydrogens (tertiary/aromatic N) is 5. The van der Waals surface area contributed by atoms with Gasteiger partial charge in [-0.1, -0.05) is 60.7 Å². The van der Waals surface area contributed by atoms with Gasteiger partial charge in [-0.05, 0) is 47.0 Å². The molecule has 8 nitrogen and oxygen atoms in total. The molecule has 2 aliphatic heterocycles. The van der Waals surface area contributed by atoms with Crippen molar-refractivity contribution in [2.45, 2.75) is 25.9 Å². The fourth-order valence-electron chi connectivity index (χ4n) is 5.72. The van der Waals surface area contributed by atoms with Crippen molar-refractivity contribution in [2.75, 3.05) is 18.0 Å². The summed E-state index contributed by atoms with van der Waals surface area (Å²) in [5, 5.41) is 1.46. The molecule has 2 aliphatic rings. The van der Waals surface area contributed by atoms with E-state index in [9.17, 15) is 4.79 Å². The molecule has 41 heavy (non-hydrogen) atoms. The van der Waals surface area contributed by atoms with Crippen molar-refractivity contribution >= 4 is 11.6 Å². The maximum atomic E-state index is 13.5. The van der Waals surface area contributed by atoms with Gasteiger partial charge in [0.2, 0.25) is 0 Å². The molecule has 1 unspecified atom stereocenters. The van der Waals surface area contributed by atoms with E-state index in [0.717, 1.165) is 36.6 Å². The van der Waals surface area contributed by atoms with Crippen LogP contribution in [-0.2, 0) is 24.5 Å². The van der Waals surface area contributed by atoms with Gasteiger partial charge in [0.05, 0.1) is 30.8 Å². The first-order valence-electron chi connectivity index (χ1n) is 13.8. The fraction of sp³-hybridized carbons (Fsp3) is 0.182. The number of anilines is 1. The zero-order chi connectivity index (χ0) is 27.6. The lowest BCUT2D eigenvalue weighted by atomic mass is 10.00. The van der Waals surface area contributed by atoms with E-state index in [2.05, 4.69) is 67.2 Å². The summed E-state index contributed by atoms with van der Waals surface area (Å²) in [4.78, 5) is 36.6. The number of carbonyl (C=O) groups excluding carboxylic acids is 1. The number of benzene rings is 3. The summed E-state index contributed by atoms with van der Waals surface area (Å²) in [6.07, 6.45) is 4.91. The Labute approximate surface area is 238 Å². The van der Waals surface area contributed by atoms with Crippen LogP contribution in [0.25, 0.3) is 11.1 Å². The SMILES string of the molecule is O=C1c2ccccc2C(N2CCN(Cc3cnc[nH]3)c3ccc(-c4ccccc4)cc3C2)ON1Cc1ccccn1. The van der Waals surface area contributed by atoms with Gasteiger partial charge in [0.15, 0.2) is 6.23 Å². The van der Waals surface area contributed by atoms with Gasteiger partial charge < -0.3 is 9.88 Å². The molecule has 1 atom stereocenters. The Kier molecular flexibility index (Phi) is 6.76. The Hall–Kier alpha value is -4.79. The third-order valence-electron chi connectivity index (χ3n) is 7.75. The van der Waals surface area contributed by atoms with Gasteiger partial charge in [0, 0.05) is 48.8 Å². The predicted octanol–water partition coefficient (Wildman–Crippen LogP) is 5.58. The van der Waals surface area contributed by atoms with Crippen LogP contribution < -0.4 is 4.90 Å². The number of hydrogen-bond donors (Lipinski definition) is 1. The van der Waals surface area contributed by atoms with E-state index < -0.39 is 6.23 Å². The Balaban J connectivity index is 1.26. The van der Waals surface area contributed by atoms with E-state index in [1.807, 2.05) is 54.7 Å². The number of hydroxylamine groups is 2. The number of hydrogen-bond acceptors (Lipinski definition) is 6. The second-order valence-corrected chi connectivity index (χ2v) is 10.4. The number of rotatable bonds is 6. The van der Waals surface area contributed by atoms with Crippen molar-refractivity contribution in [1.29, 1.82) is 0 Å². The van der Waals surface area contributed by atoms with E-state index in [4.69, 9.17) is 4.84 Å². The van der Waals surface area contributed by atoms with Crippen LogP contribution in [0.3, 0.4) is 0 Å². The summed E-state index contributed by atoms with van der Waals surface area (Å²) >= 11 is 0. The quantitative estimate of drug-likeness (QED) is 0.302. The number of fused-ring (bicyclic) bond motifs is 2. The number of aromatic nitrogens is 3. The normalized spacial score (nSPS) is 17.2. The molecule has 5 aromatic rings. The number of carbonyl (C=O) groups is 1. The Morgan fingerprint density at radius 1 is 0.878 bits per heavy atom. The largest absolute Gasteiger partial charge is 0.364 e. The second-order valence-electron chi connectivity index (χ2n) is 10.4. The fourth-order valence-corrected chi connectivity index (χ4v) is 5.72. The molecule has 3 aromatic carbocycles. The first-order chi connectivity index (χ1) is 20.2. The standard InChI is InChI=1S/C33H30N6O2/c40-32-29-11-4-5-12-30(29)33(41-39(32)22-27-10-6-7-15-35-27)38-17-16-37(21-28-19-34-23-36-28)31-14-13-25(18-26(31)20-38)24-8-2-1-3-9-24/h1-15,18-19,23,33H,16-17,20-22H2,(H,34,36). The van der Waals surface area contributed by atoms with Gasteiger partial charge in [-0.15, -0.1) is 0 Å². The van der Waals surface area contributed by atoms with E-state index in [-0.39, 0.29) is 12.5 Å². The summed E-state index contributed by atoms with van der Waals surface area (Å²) in [6.45, 7) is 3.19. The van der Waals surface area contributed by atoms with Crippen LogP contribution in [0.4, 0.5) is 5.69 Å². The summed E-state index contributed by atoms with van der Waals surface area (Å²) in [5.41, 5.74) is 8.13. The number of imidazole rings is 1. The summed E-state index contributed by atoms with van der Waals surface area (Å²) < 4.78 is 0. The monoisotopic (exact) mass is 542 g/mol. The Bertz CT molecular complexity index is 1640. The van der Waals surface area contributed by atoms with Gasteiger partial charge in [-0.25, -0.2) is 14.9 Å². The Morgan fingerprint density at radius 2 is 1.73 bits per heavy atom. The van der Waals surface area contributed by atoms with Crippen molar-refractivity contribution in [3.63, 3.8) is 0 Å². The molecule has 1 N–H and O–H groups in total. The zero-order valence-corrected chi connectivity index (χ0v) is 22.6. The Morgan fingerprint density at radius 3 is 2.56 bits per heavy atom. The number of aromatic amines is 1. The van der Waals surface area contributed by atoms with Crippen molar-refractivity contribution < 1.29 is 9.63 Å². The highest BCUT2D eigenvalue weighted by Crippen LogP contribution is 2.38. The third-order valence-corrected chi connectivity index (χ3v) is 7.75. The van der Waals surface area contributed by atoms with E-state index in [1.165, 1.54) is 27.4 Å². The van der Waals surface area contributed by atoms with Crippen LogP contribution >= 0.6 is 0 Å². The molecule has 0 fully saturated rings. The number of nitrogens with one attached hydrogen (secondary N) is 1. The van der Waals surface area contributed by atoms with Gasteiger partial charge in [-0.2, -0.15) is 0 Å². The van der Waals surface area contributed by atoms with Crippen LogP contribution in [0.1, 0.15) is 39.1 Å². The lowest BCUT2D eigenvalue weighted by Gasteiger charge is -2.39. The van der Waals surface area contributed by atoms with Crippen LogP contribution in [0.15, 0.2) is 110 Å². The highest BCUT2D eigenvalue weighted by atomic mass is 16.7. The van der Waals surface area contributed by atoms with Crippen LogP contribution in [-0.4, -0.2) is 43.9 Å². The van der Waals surface area contributed by atoms with E-state index in [0.29, 0.717) is 12.1 Å². The van der Waals surface area contributed by atoms with Gasteiger partial charge in [0.25, 0.3) is 5.91 Å². The minimum absolute atomic E-state index is 0.148. The van der Waals surface area contributed by atoms with Gasteiger partial charge in [-0.3, -0.25) is 14.7 Å². The first-order valence-corrected chi connectivity index (χ1v) is 13.8. The smallest absolute Gasteiger partial charge is 0.278 e. The lowest BCUT2D eigenvalue weighted by Crippen LogP contribution is -2.44. The number of H-pyrrole nitrogens is 1. The average molecular weight is 543 g/mol. The summed E-state index contributed by atoms with van der Waals surface area (Å²) in [6, 6.07) is 30.6. The molecule has 0 radical (unpaired) electrons. The van der Waals surface area contributed by atoms with Crippen molar-refractivity contribution in [2.24, 2.45) is 0 Å². The molecular weight excluding hydrogens is 512 g/mol. The van der Waals surface area contributed by atoms with E-state index in [1.54, 1.807) is 12.5 Å². The lowest BCUT2D eigenvalue weighted by molar-refractivity contribution is -0.228. The molecule has 1 amide bonds. The molecule has 0 bridgehead atoms. The number of pyridine rings is 1. The highest BCUT2D eigenvalue weighted by molar-refractivity contribution is 5.95. The molecule has 2 aromatic heterocycles. The summed E-state index contributed by atoms with van der Waals surface area (Å²) in [5.74, 6) is -0.148. The van der Waals surface area contributed by atoms with Crippen LogP contribution in [0, 0.1) is 0 Å².